The van der Waals surface area contributed by atoms with Crippen molar-refractivity contribution >= 4 is 21.7 Å². The van der Waals surface area contributed by atoms with Gasteiger partial charge in [0.05, 0.1) is 23.8 Å². The van der Waals surface area contributed by atoms with Gasteiger partial charge in [-0.3, -0.25) is 9.78 Å². The van der Waals surface area contributed by atoms with E-state index in [0.717, 1.165) is 22.1 Å². The van der Waals surface area contributed by atoms with E-state index in [-0.39, 0.29) is 5.43 Å². The Morgan fingerprint density at radius 1 is 1.04 bits per heavy atom. The van der Waals surface area contributed by atoms with Gasteiger partial charge in [-0.1, -0.05) is 12.1 Å². The van der Waals surface area contributed by atoms with Gasteiger partial charge in [0.25, 0.3) is 0 Å². The highest BCUT2D eigenvalue weighted by Gasteiger charge is 2.14. The van der Waals surface area contributed by atoms with Gasteiger partial charge in [0, 0.05) is 6.20 Å². The normalized spacial score (nSPS) is 11.1. The van der Waals surface area contributed by atoms with E-state index in [1.54, 1.807) is 19.4 Å². The molecule has 0 fully saturated rings. The smallest absolute Gasteiger partial charge is 0.202 e. The lowest BCUT2D eigenvalue weighted by molar-refractivity contribution is 0.412. The second-order valence-electron chi connectivity index (χ2n) is 5.62. The average Bonchev–Trinajstić information content (AvgIpc) is 2.63. The maximum absolute atomic E-state index is 13.1. The molecule has 0 saturated heterocycles. The van der Waals surface area contributed by atoms with Crippen LogP contribution in [0.3, 0.4) is 0 Å². The summed E-state index contributed by atoms with van der Waals surface area (Å²) in [7, 11) is 1.64. The highest BCUT2D eigenvalue weighted by atomic mass is 16.5. The van der Waals surface area contributed by atoms with Gasteiger partial charge < -0.3 is 9.15 Å². The fourth-order valence-electron chi connectivity index (χ4n) is 3.08. The molecule has 0 N–H and O–H groups in total. The summed E-state index contributed by atoms with van der Waals surface area (Å²) in [5, 5.41) is 2.41. The van der Waals surface area contributed by atoms with Gasteiger partial charge in [-0.05, 0) is 53.6 Å². The first-order chi connectivity index (χ1) is 11.7. The van der Waals surface area contributed by atoms with Gasteiger partial charge in [-0.2, -0.15) is 0 Å². The van der Waals surface area contributed by atoms with Crippen LogP contribution >= 0.6 is 0 Å². The van der Waals surface area contributed by atoms with Gasteiger partial charge in [-0.25, -0.2) is 0 Å². The number of nitrogens with zero attached hydrogens (tertiary/aromatic N) is 1. The Bertz CT molecular complexity index is 1110. The van der Waals surface area contributed by atoms with Crippen LogP contribution in [0.2, 0.25) is 0 Å². The number of rotatable bonds is 2. The molecule has 0 atom stereocenters. The molecule has 0 bridgehead atoms. The Morgan fingerprint density at radius 2 is 1.88 bits per heavy atom. The molecule has 118 valence electrons. The molecule has 0 aliphatic carbocycles. The fraction of sp³-hybridized carbons (Fsp3) is 0.100. The largest absolute Gasteiger partial charge is 0.496 e. The standard InChI is InChI=1S/C20H15NO3/c1-12-13-6-9-18-19(14(13)7-8-17(12)23-2)20(22)15(11-24-18)16-5-3-4-10-21-16/h3-11H,1-2H3. The van der Waals surface area contributed by atoms with E-state index in [4.69, 9.17) is 9.15 Å². The van der Waals surface area contributed by atoms with Gasteiger partial charge in [0.1, 0.15) is 17.6 Å². The molecule has 0 aliphatic rings. The van der Waals surface area contributed by atoms with Crippen molar-refractivity contribution in [1.82, 2.24) is 4.98 Å². The van der Waals surface area contributed by atoms with E-state index in [9.17, 15) is 4.79 Å². The molecule has 2 heterocycles. The number of pyridine rings is 1. The summed E-state index contributed by atoms with van der Waals surface area (Å²) in [4.78, 5) is 17.3. The lowest BCUT2D eigenvalue weighted by Gasteiger charge is -2.10. The second kappa shape index (κ2) is 5.49. The molecule has 0 unspecified atom stereocenters. The van der Waals surface area contributed by atoms with E-state index >= 15 is 0 Å². The Labute approximate surface area is 138 Å². The van der Waals surface area contributed by atoms with Gasteiger partial charge in [-0.15, -0.1) is 0 Å². The van der Waals surface area contributed by atoms with Crippen molar-refractivity contribution in [3.63, 3.8) is 0 Å². The quantitative estimate of drug-likeness (QED) is 0.517. The van der Waals surface area contributed by atoms with E-state index in [1.165, 1.54) is 6.26 Å². The third kappa shape index (κ3) is 2.07. The molecule has 2 aromatic carbocycles. The van der Waals surface area contributed by atoms with E-state index in [1.807, 2.05) is 43.3 Å². The highest BCUT2D eigenvalue weighted by molar-refractivity contribution is 6.07. The molecule has 0 radical (unpaired) electrons. The van der Waals surface area contributed by atoms with E-state index in [0.29, 0.717) is 22.2 Å². The summed E-state index contributed by atoms with van der Waals surface area (Å²) in [6.45, 7) is 1.98. The molecule has 4 heteroatoms. The van der Waals surface area contributed by atoms with E-state index in [2.05, 4.69) is 4.98 Å². The molecule has 4 aromatic rings. The molecular formula is C20H15NO3. The van der Waals surface area contributed by atoms with Crippen molar-refractivity contribution < 1.29 is 9.15 Å². The zero-order chi connectivity index (χ0) is 16.7. The summed E-state index contributed by atoms with van der Waals surface area (Å²) >= 11 is 0. The summed E-state index contributed by atoms with van der Waals surface area (Å²) in [6.07, 6.45) is 3.15. The average molecular weight is 317 g/mol. The summed E-state index contributed by atoms with van der Waals surface area (Å²) in [6, 6.07) is 13.0. The topological polar surface area (TPSA) is 52.3 Å². The third-order valence-corrected chi connectivity index (χ3v) is 4.32. The van der Waals surface area contributed by atoms with Crippen LogP contribution in [0, 0.1) is 6.92 Å². The van der Waals surface area contributed by atoms with Crippen molar-refractivity contribution in [3.8, 4) is 17.0 Å². The number of ether oxygens (including phenoxy) is 1. The number of hydrogen-bond acceptors (Lipinski definition) is 4. The lowest BCUT2D eigenvalue weighted by Crippen LogP contribution is -2.06. The minimum Gasteiger partial charge on any atom is -0.496 e. The zero-order valence-corrected chi connectivity index (χ0v) is 13.4. The monoisotopic (exact) mass is 317 g/mol. The molecule has 4 nitrogen and oxygen atoms in total. The fourth-order valence-corrected chi connectivity index (χ4v) is 3.08. The van der Waals surface area contributed by atoms with Crippen LogP contribution in [0.5, 0.6) is 5.75 Å². The maximum atomic E-state index is 13.1. The first-order valence-corrected chi connectivity index (χ1v) is 7.64. The summed E-state index contributed by atoms with van der Waals surface area (Å²) in [5.41, 5.74) is 2.56. The van der Waals surface area contributed by atoms with Crippen LogP contribution in [0.4, 0.5) is 0 Å². The maximum Gasteiger partial charge on any atom is 0.202 e. The zero-order valence-electron chi connectivity index (χ0n) is 13.4. The van der Waals surface area contributed by atoms with Crippen LogP contribution in [-0.2, 0) is 0 Å². The molecule has 0 spiro atoms. The minimum absolute atomic E-state index is 0.0786. The van der Waals surface area contributed by atoms with E-state index < -0.39 is 0 Å². The van der Waals surface area contributed by atoms with Crippen LogP contribution in [0.1, 0.15) is 5.56 Å². The number of hydrogen-bond donors (Lipinski definition) is 0. The van der Waals surface area contributed by atoms with Crippen molar-refractivity contribution in [2.24, 2.45) is 0 Å². The Kier molecular flexibility index (Phi) is 3.31. The molecule has 2 aromatic heterocycles. The van der Waals surface area contributed by atoms with Crippen LogP contribution < -0.4 is 10.2 Å². The van der Waals surface area contributed by atoms with Crippen molar-refractivity contribution in [3.05, 3.63) is 70.7 Å². The molecule has 4 rings (SSSR count). The number of fused-ring (bicyclic) bond motifs is 3. The molecule has 0 saturated carbocycles. The number of aromatic nitrogens is 1. The highest BCUT2D eigenvalue weighted by Crippen LogP contribution is 2.31. The third-order valence-electron chi connectivity index (χ3n) is 4.32. The predicted molar refractivity (Wildman–Crippen MR) is 94.5 cm³/mol. The van der Waals surface area contributed by atoms with Gasteiger partial charge in [0.15, 0.2) is 0 Å². The predicted octanol–water partition coefficient (Wildman–Crippen LogP) is 4.33. The number of aryl methyl sites for hydroxylation is 1. The first-order valence-electron chi connectivity index (χ1n) is 7.64. The van der Waals surface area contributed by atoms with Crippen LogP contribution in [-0.4, -0.2) is 12.1 Å². The number of benzene rings is 2. The molecule has 0 amide bonds. The van der Waals surface area contributed by atoms with Crippen molar-refractivity contribution in [2.75, 3.05) is 7.11 Å². The van der Waals surface area contributed by atoms with Gasteiger partial charge >= 0.3 is 0 Å². The molecule has 24 heavy (non-hydrogen) atoms. The van der Waals surface area contributed by atoms with Crippen molar-refractivity contribution in [1.29, 1.82) is 0 Å². The second-order valence-corrected chi connectivity index (χ2v) is 5.62. The van der Waals surface area contributed by atoms with Crippen LogP contribution in [0.15, 0.2) is 64.1 Å². The van der Waals surface area contributed by atoms with Crippen LogP contribution in [0.25, 0.3) is 33.0 Å². The molecular weight excluding hydrogens is 302 g/mol. The lowest BCUT2D eigenvalue weighted by atomic mass is 9.99. The first kappa shape index (κ1) is 14.5. The Balaban J connectivity index is 2.12. The Hall–Kier alpha value is -3.14. The van der Waals surface area contributed by atoms with Crippen molar-refractivity contribution in [2.45, 2.75) is 6.92 Å². The van der Waals surface area contributed by atoms with Gasteiger partial charge in [0.2, 0.25) is 5.43 Å². The molecule has 0 aliphatic heterocycles. The summed E-state index contributed by atoms with van der Waals surface area (Å²) < 4.78 is 11.1. The summed E-state index contributed by atoms with van der Waals surface area (Å²) in [5.74, 6) is 0.798. The SMILES string of the molecule is COc1ccc2c(ccc3occ(-c4ccccn4)c(=O)c32)c1C. The Morgan fingerprint density at radius 3 is 2.62 bits per heavy atom. The number of methoxy groups -OCH3 is 1. The minimum atomic E-state index is -0.0786.